The summed E-state index contributed by atoms with van der Waals surface area (Å²) in [6.45, 7) is -0.163. The number of hydrogen-bond donors (Lipinski definition) is 4. The Morgan fingerprint density at radius 2 is 1.74 bits per heavy atom. The highest BCUT2D eigenvalue weighted by Crippen LogP contribution is 2.46. The zero-order valence-corrected chi connectivity index (χ0v) is 35.2. The molecule has 332 valence electrons. The number of hydrogen-bond acceptors (Lipinski definition) is 11. The third kappa shape index (κ3) is 9.46. The molecule has 2 aromatic rings. The van der Waals surface area contributed by atoms with Crippen LogP contribution in [0, 0.1) is 17.7 Å². The van der Waals surface area contributed by atoms with Gasteiger partial charge in [0.15, 0.2) is 0 Å². The normalized spacial score (nSPS) is 27.8. The number of carbonyl (C=O) groups excluding carboxylic acids is 6. The molecular formula is C43H53FN8O9S. The number of fused-ring (bicyclic) bond motifs is 3. The minimum Gasteiger partial charge on any atom is -0.444 e. The number of nitrogens with zero attached hydrogens (tertiary/aromatic N) is 4. The zero-order chi connectivity index (χ0) is 43.6. The van der Waals surface area contributed by atoms with Gasteiger partial charge in [-0.1, -0.05) is 56.4 Å². The summed E-state index contributed by atoms with van der Waals surface area (Å²) in [4.78, 5) is 95.2. The van der Waals surface area contributed by atoms with Crippen molar-refractivity contribution in [3.63, 3.8) is 0 Å². The van der Waals surface area contributed by atoms with Crippen molar-refractivity contribution in [1.29, 1.82) is 0 Å². The van der Waals surface area contributed by atoms with Crippen molar-refractivity contribution < 1.29 is 46.3 Å². The molecule has 17 nitrogen and oxygen atoms in total. The van der Waals surface area contributed by atoms with E-state index in [0.29, 0.717) is 62.5 Å². The van der Waals surface area contributed by atoms with Crippen molar-refractivity contribution in [2.24, 2.45) is 11.8 Å². The Morgan fingerprint density at radius 1 is 0.968 bits per heavy atom. The second-order valence-corrected chi connectivity index (χ2v) is 19.5. The molecule has 8 rings (SSSR count). The number of halogens is 1. The number of aromatic nitrogens is 2. The van der Waals surface area contributed by atoms with Gasteiger partial charge in [-0.2, -0.15) is 0 Å². The quantitative estimate of drug-likeness (QED) is 0.268. The fourth-order valence-electron chi connectivity index (χ4n) is 9.33. The van der Waals surface area contributed by atoms with Crippen LogP contribution in [-0.4, -0.2) is 105 Å². The van der Waals surface area contributed by atoms with Crippen molar-refractivity contribution in [3.05, 3.63) is 71.6 Å². The first-order valence-electron chi connectivity index (χ1n) is 21.8. The van der Waals surface area contributed by atoms with Crippen LogP contribution in [0.2, 0.25) is 0 Å². The predicted molar refractivity (Wildman–Crippen MR) is 219 cm³/mol. The van der Waals surface area contributed by atoms with E-state index < -0.39 is 92.4 Å². The molecule has 6 atom stereocenters. The van der Waals surface area contributed by atoms with Gasteiger partial charge in [0, 0.05) is 36.8 Å². The highest BCUT2D eigenvalue weighted by Gasteiger charge is 2.62. The lowest BCUT2D eigenvalue weighted by atomic mass is 9.83. The summed E-state index contributed by atoms with van der Waals surface area (Å²) in [5, 5.41) is 7.92. The summed E-state index contributed by atoms with van der Waals surface area (Å²) in [7, 11) is -3.97. The van der Waals surface area contributed by atoms with Crippen LogP contribution < -0.4 is 20.7 Å². The minimum atomic E-state index is -3.97. The number of ether oxygens (including phenoxy) is 1. The highest BCUT2D eigenvalue weighted by atomic mass is 32.2. The van der Waals surface area contributed by atoms with E-state index in [0.717, 1.165) is 19.3 Å². The third-order valence-electron chi connectivity index (χ3n) is 13.1. The molecule has 19 heteroatoms. The van der Waals surface area contributed by atoms with Gasteiger partial charge in [-0.15, -0.1) is 0 Å². The number of allylic oxidation sites excluding steroid dienone is 1. The van der Waals surface area contributed by atoms with Gasteiger partial charge in [0.2, 0.25) is 27.7 Å². The molecular weight excluding hydrogens is 824 g/mol. The van der Waals surface area contributed by atoms with Gasteiger partial charge in [-0.05, 0) is 68.9 Å². The molecule has 4 heterocycles. The molecule has 0 radical (unpaired) electrons. The summed E-state index contributed by atoms with van der Waals surface area (Å²) in [6, 6.07) is 1.14. The average molecular weight is 877 g/mol. The lowest BCUT2D eigenvalue weighted by Gasteiger charge is -2.33. The van der Waals surface area contributed by atoms with Crippen LogP contribution in [0.15, 0.2) is 48.9 Å². The van der Waals surface area contributed by atoms with Crippen LogP contribution in [0.5, 0.6) is 0 Å². The first kappa shape index (κ1) is 43.2. The summed E-state index contributed by atoms with van der Waals surface area (Å²) >= 11 is 0. The van der Waals surface area contributed by atoms with Crippen LogP contribution in [-0.2, 0) is 47.0 Å². The van der Waals surface area contributed by atoms with Crippen LogP contribution >= 0.6 is 0 Å². The largest absolute Gasteiger partial charge is 0.444 e. The molecule has 62 heavy (non-hydrogen) atoms. The average Bonchev–Trinajstić information content (AvgIpc) is 4.15. The Morgan fingerprint density at radius 3 is 2.48 bits per heavy atom. The van der Waals surface area contributed by atoms with Gasteiger partial charge in [0.05, 0.1) is 24.5 Å². The summed E-state index contributed by atoms with van der Waals surface area (Å²) in [6.07, 6.45) is 13.7. The Bertz CT molecular complexity index is 2220. The first-order chi connectivity index (χ1) is 29.8. The van der Waals surface area contributed by atoms with Gasteiger partial charge in [0.25, 0.3) is 11.8 Å². The van der Waals surface area contributed by atoms with Crippen molar-refractivity contribution in [2.75, 3.05) is 6.54 Å². The molecule has 6 aliphatic rings. The van der Waals surface area contributed by atoms with E-state index in [1.54, 1.807) is 12.1 Å². The van der Waals surface area contributed by atoms with Crippen LogP contribution in [0.1, 0.15) is 112 Å². The fraction of sp³-hybridized carbons (Fsp3) is 0.581. The molecule has 1 aromatic heterocycles. The van der Waals surface area contributed by atoms with Gasteiger partial charge >= 0.3 is 6.09 Å². The van der Waals surface area contributed by atoms with Crippen molar-refractivity contribution >= 4 is 45.7 Å². The Hall–Kier alpha value is -5.46. The van der Waals surface area contributed by atoms with Crippen LogP contribution in [0.25, 0.3) is 0 Å². The lowest BCUT2D eigenvalue weighted by molar-refractivity contribution is -0.143. The molecule has 1 aromatic carbocycles. The maximum atomic E-state index is 14.9. The summed E-state index contributed by atoms with van der Waals surface area (Å²) in [5.41, 5.74) is -0.568. The molecule has 4 fully saturated rings. The van der Waals surface area contributed by atoms with Crippen LogP contribution in [0.4, 0.5) is 9.18 Å². The van der Waals surface area contributed by atoms with E-state index in [4.69, 9.17) is 4.74 Å². The number of benzene rings is 1. The third-order valence-corrected chi connectivity index (χ3v) is 14.9. The zero-order valence-electron chi connectivity index (χ0n) is 34.4. The minimum absolute atomic E-state index is 0.0277. The van der Waals surface area contributed by atoms with Crippen LogP contribution in [0.3, 0.4) is 0 Å². The Kier molecular flexibility index (Phi) is 12.6. The molecule has 0 spiro atoms. The van der Waals surface area contributed by atoms with Crippen molar-refractivity contribution in [2.45, 2.75) is 138 Å². The second kappa shape index (κ2) is 18.1. The molecule has 0 unspecified atom stereocenters. The predicted octanol–water partition coefficient (Wildman–Crippen LogP) is 2.90. The smallest absolute Gasteiger partial charge is 0.410 e. The number of nitrogens with one attached hydrogen (secondary N) is 4. The van der Waals surface area contributed by atoms with Gasteiger partial charge in [0.1, 0.15) is 41.3 Å². The molecule has 3 aliphatic heterocycles. The Labute approximate surface area is 359 Å². The second-order valence-electron chi connectivity index (χ2n) is 17.5. The van der Waals surface area contributed by atoms with E-state index in [1.165, 1.54) is 34.5 Å². The van der Waals surface area contributed by atoms with Gasteiger partial charge < -0.3 is 25.6 Å². The molecule has 1 saturated heterocycles. The number of rotatable bonds is 9. The number of sulfonamides is 1. The SMILES string of the molecule is O=C(N[C@H](C(=O)N[C@H]1CCCCC/C=C\[C@H]2C[C@@]2(C(=O)NS(=O)(=O)C2CC2)NC(=O)[C@@H]2C[C@@H](OC(=O)N3Cc4cccc(F)c4C3)CN2C1=O)C1CCCCC1)c1cnccn1. The molecule has 3 aliphatic carbocycles. The van der Waals surface area contributed by atoms with E-state index in [9.17, 15) is 41.6 Å². The number of amides is 6. The maximum Gasteiger partial charge on any atom is 0.410 e. The fourth-order valence-corrected chi connectivity index (χ4v) is 10.7. The Balaban J connectivity index is 1.06. The first-order valence-corrected chi connectivity index (χ1v) is 23.3. The summed E-state index contributed by atoms with van der Waals surface area (Å²) in [5.74, 6) is -4.56. The van der Waals surface area contributed by atoms with Gasteiger partial charge in [-0.3, -0.25) is 38.6 Å². The lowest BCUT2D eigenvalue weighted by Crippen LogP contribution is -2.60. The van der Waals surface area contributed by atoms with E-state index in [-0.39, 0.29) is 50.5 Å². The van der Waals surface area contributed by atoms with E-state index in [2.05, 4.69) is 30.6 Å². The molecule has 4 N–H and O–H groups in total. The standard InChI is InChI=1S/C43H53FN8O9S/c44-32-14-9-12-27-23-51(25-31(27)32)42(58)61-29-20-35-38(54)49-43(41(57)50-62(59,60)30-16-17-30)21-28(43)13-7-2-1-3-8-15-33(40(56)52(35)24-29)47-39(55)36(26-10-5-4-6-11-26)48-37(53)34-22-45-18-19-46-34/h7,9,12-14,18-19,22,26,28-30,33,35-36H,1-6,8,10-11,15-17,20-21,23-25H2,(H,47,55)(H,48,53)(H,49,54)(H,50,57)/b13-7-/t28-,29+,33-,35-,36-,43+/m0/s1. The molecule has 3 saturated carbocycles. The monoisotopic (exact) mass is 876 g/mol. The number of carbonyl (C=O) groups is 6. The van der Waals surface area contributed by atoms with Gasteiger partial charge in [-0.25, -0.2) is 22.6 Å². The molecule has 0 bridgehead atoms. The molecule has 6 amide bonds. The maximum absolute atomic E-state index is 14.9. The van der Waals surface area contributed by atoms with E-state index in [1.807, 2.05) is 12.2 Å². The van der Waals surface area contributed by atoms with Crippen molar-refractivity contribution in [3.8, 4) is 0 Å². The topological polar surface area (TPSA) is 226 Å². The van der Waals surface area contributed by atoms with Crippen molar-refractivity contribution in [1.82, 2.24) is 40.4 Å². The van der Waals surface area contributed by atoms with E-state index >= 15 is 0 Å². The summed E-state index contributed by atoms with van der Waals surface area (Å²) < 4.78 is 48.5. The highest BCUT2D eigenvalue weighted by molar-refractivity contribution is 7.91.